The van der Waals surface area contributed by atoms with Gasteiger partial charge in [0.25, 0.3) is 5.91 Å². The van der Waals surface area contributed by atoms with E-state index in [1.165, 1.54) is 24.4 Å². The number of ether oxygens (including phenoxy) is 1. The number of hydrogen-bond acceptors (Lipinski definition) is 3. The molecule has 3 rings (SSSR count). The number of carbonyl (C=O) groups excluding carboxylic acids is 1. The van der Waals surface area contributed by atoms with E-state index in [4.69, 9.17) is 0 Å². The van der Waals surface area contributed by atoms with Crippen molar-refractivity contribution in [1.29, 1.82) is 0 Å². The Balaban J connectivity index is 1.79. The minimum atomic E-state index is -4.42. The summed E-state index contributed by atoms with van der Waals surface area (Å²) in [6.07, 6.45) is -2.90. The van der Waals surface area contributed by atoms with E-state index in [1.54, 1.807) is 24.3 Å². The third kappa shape index (κ3) is 4.26. The highest BCUT2D eigenvalue weighted by molar-refractivity contribution is 6.11. The second-order valence-corrected chi connectivity index (χ2v) is 5.27. The molecule has 1 aromatic heterocycles. The van der Waals surface area contributed by atoms with Crippen LogP contribution in [0.1, 0.15) is 10.5 Å². The van der Waals surface area contributed by atoms with Gasteiger partial charge in [0.05, 0.1) is 0 Å². The Morgan fingerprint density at radius 3 is 2.68 bits per heavy atom. The maximum absolute atomic E-state index is 12.5. The van der Waals surface area contributed by atoms with Gasteiger partial charge in [-0.3, -0.25) is 9.78 Å². The molecule has 0 fully saturated rings. The highest BCUT2D eigenvalue weighted by atomic mass is 19.4. The van der Waals surface area contributed by atoms with E-state index in [9.17, 15) is 18.0 Å². The van der Waals surface area contributed by atoms with Crippen molar-refractivity contribution in [1.82, 2.24) is 4.98 Å². The predicted octanol–water partition coefficient (Wildman–Crippen LogP) is 4.43. The van der Waals surface area contributed by atoms with Crippen LogP contribution in [-0.4, -0.2) is 23.7 Å². The molecule has 2 aromatic carbocycles. The minimum absolute atomic E-state index is 0.0148. The van der Waals surface area contributed by atoms with Gasteiger partial charge in [0.1, 0.15) is 11.4 Å². The summed E-state index contributed by atoms with van der Waals surface area (Å²) in [7, 11) is 0. The van der Waals surface area contributed by atoms with Crippen molar-refractivity contribution in [2.24, 2.45) is 0 Å². The van der Waals surface area contributed by atoms with Crippen molar-refractivity contribution >= 4 is 22.4 Å². The first kappa shape index (κ1) is 16.8. The number of hydrogen-bond donors (Lipinski definition) is 1. The number of rotatable bonds is 4. The first-order chi connectivity index (χ1) is 11.9. The first-order valence-corrected chi connectivity index (χ1v) is 7.37. The number of pyridine rings is 1. The van der Waals surface area contributed by atoms with E-state index in [0.29, 0.717) is 11.1 Å². The van der Waals surface area contributed by atoms with Crippen molar-refractivity contribution in [2.45, 2.75) is 6.18 Å². The summed E-state index contributed by atoms with van der Waals surface area (Å²) in [5.41, 5.74) is 0.555. The number of halogens is 3. The lowest BCUT2D eigenvalue weighted by Gasteiger charge is -2.11. The Morgan fingerprint density at radius 1 is 1.08 bits per heavy atom. The minimum Gasteiger partial charge on any atom is -0.484 e. The van der Waals surface area contributed by atoms with Crippen molar-refractivity contribution in [3.05, 3.63) is 66.5 Å². The summed E-state index contributed by atoms with van der Waals surface area (Å²) >= 11 is 0. The lowest BCUT2D eigenvalue weighted by Crippen LogP contribution is -2.19. The Bertz CT molecular complexity index is 905. The molecule has 0 saturated carbocycles. The molecule has 1 heterocycles. The molecule has 0 atom stereocenters. The van der Waals surface area contributed by atoms with Gasteiger partial charge in [-0.25, -0.2) is 0 Å². The van der Waals surface area contributed by atoms with Gasteiger partial charge in [-0.15, -0.1) is 0 Å². The van der Waals surface area contributed by atoms with Gasteiger partial charge in [0.2, 0.25) is 0 Å². The fourth-order valence-electron chi connectivity index (χ4n) is 2.32. The SMILES string of the molecule is O=C(Nc1cccc(OCC(F)(F)F)c1)c1nccc2ccccc12. The summed E-state index contributed by atoms with van der Waals surface area (Å²) in [5.74, 6) is -0.439. The molecule has 0 aliphatic rings. The fourth-order valence-corrected chi connectivity index (χ4v) is 2.32. The maximum atomic E-state index is 12.5. The zero-order chi connectivity index (χ0) is 17.9. The molecule has 1 N–H and O–H groups in total. The summed E-state index contributed by atoms with van der Waals surface area (Å²) in [5, 5.41) is 4.18. The molecule has 4 nitrogen and oxygen atoms in total. The Labute approximate surface area is 141 Å². The third-order valence-electron chi connectivity index (χ3n) is 3.38. The van der Waals surface area contributed by atoms with Gasteiger partial charge in [0, 0.05) is 23.3 Å². The van der Waals surface area contributed by atoms with Gasteiger partial charge in [-0.1, -0.05) is 30.3 Å². The number of fused-ring (bicyclic) bond motifs is 1. The van der Waals surface area contributed by atoms with E-state index in [2.05, 4.69) is 15.0 Å². The Kier molecular flexibility index (Phi) is 4.56. The highest BCUT2D eigenvalue weighted by Crippen LogP contribution is 2.22. The van der Waals surface area contributed by atoms with Crippen LogP contribution in [0.15, 0.2) is 60.8 Å². The number of benzene rings is 2. The van der Waals surface area contributed by atoms with E-state index in [-0.39, 0.29) is 11.4 Å². The van der Waals surface area contributed by atoms with Crippen LogP contribution < -0.4 is 10.1 Å². The normalized spacial score (nSPS) is 11.3. The fraction of sp³-hybridized carbons (Fsp3) is 0.111. The predicted molar refractivity (Wildman–Crippen MR) is 87.7 cm³/mol. The van der Waals surface area contributed by atoms with Gasteiger partial charge < -0.3 is 10.1 Å². The van der Waals surface area contributed by atoms with Crippen molar-refractivity contribution in [3.63, 3.8) is 0 Å². The van der Waals surface area contributed by atoms with Crippen LogP contribution in [0.3, 0.4) is 0 Å². The van der Waals surface area contributed by atoms with E-state index in [1.807, 2.05) is 12.1 Å². The second kappa shape index (κ2) is 6.80. The number of nitrogens with zero attached hydrogens (tertiary/aromatic N) is 1. The largest absolute Gasteiger partial charge is 0.484 e. The van der Waals surface area contributed by atoms with Crippen LogP contribution in [0.25, 0.3) is 10.8 Å². The molecule has 7 heteroatoms. The molecule has 128 valence electrons. The van der Waals surface area contributed by atoms with Crippen molar-refractivity contribution in [2.75, 3.05) is 11.9 Å². The van der Waals surface area contributed by atoms with Gasteiger partial charge in [0.15, 0.2) is 6.61 Å². The number of anilines is 1. The number of alkyl halides is 3. The number of amides is 1. The molecule has 0 bridgehead atoms. The molecule has 3 aromatic rings. The van der Waals surface area contributed by atoms with Crippen molar-refractivity contribution < 1.29 is 22.7 Å². The summed E-state index contributed by atoms with van der Waals surface area (Å²) in [6.45, 7) is -1.39. The summed E-state index contributed by atoms with van der Waals surface area (Å²) < 4.78 is 41.3. The quantitative estimate of drug-likeness (QED) is 0.760. The molecule has 25 heavy (non-hydrogen) atoms. The Morgan fingerprint density at radius 2 is 1.88 bits per heavy atom. The zero-order valence-electron chi connectivity index (χ0n) is 12.9. The number of aromatic nitrogens is 1. The first-order valence-electron chi connectivity index (χ1n) is 7.37. The molecular weight excluding hydrogens is 333 g/mol. The molecule has 0 aliphatic heterocycles. The van der Waals surface area contributed by atoms with Crippen molar-refractivity contribution in [3.8, 4) is 5.75 Å². The molecule has 0 aliphatic carbocycles. The molecule has 0 spiro atoms. The van der Waals surface area contributed by atoms with E-state index >= 15 is 0 Å². The van der Waals surface area contributed by atoms with Crippen LogP contribution in [0.5, 0.6) is 5.75 Å². The van der Waals surface area contributed by atoms with Gasteiger partial charge in [-0.2, -0.15) is 13.2 Å². The zero-order valence-corrected chi connectivity index (χ0v) is 12.9. The van der Waals surface area contributed by atoms with Crippen LogP contribution in [0.4, 0.5) is 18.9 Å². The van der Waals surface area contributed by atoms with Gasteiger partial charge in [-0.05, 0) is 23.6 Å². The standard InChI is InChI=1S/C18H13F3N2O2/c19-18(20,21)11-25-14-6-3-5-13(10-14)23-17(24)16-15-7-2-1-4-12(15)8-9-22-16/h1-10H,11H2,(H,23,24). The summed E-state index contributed by atoms with van der Waals surface area (Å²) in [6, 6.07) is 14.8. The molecular formula is C18H13F3N2O2. The average molecular weight is 346 g/mol. The average Bonchev–Trinajstić information content (AvgIpc) is 2.59. The maximum Gasteiger partial charge on any atom is 0.422 e. The lowest BCUT2D eigenvalue weighted by atomic mass is 10.1. The monoisotopic (exact) mass is 346 g/mol. The highest BCUT2D eigenvalue weighted by Gasteiger charge is 2.28. The number of carbonyl (C=O) groups is 1. The van der Waals surface area contributed by atoms with E-state index < -0.39 is 18.7 Å². The lowest BCUT2D eigenvalue weighted by molar-refractivity contribution is -0.153. The Hall–Kier alpha value is -3.09. The second-order valence-electron chi connectivity index (χ2n) is 5.27. The van der Waals surface area contributed by atoms with Crippen LogP contribution in [0, 0.1) is 0 Å². The van der Waals surface area contributed by atoms with Crippen LogP contribution in [-0.2, 0) is 0 Å². The van der Waals surface area contributed by atoms with E-state index in [0.717, 1.165) is 5.39 Å². The topological polar surface area (TPSA) is 51.2 Å². The van der Waals surface area contributed by atoms with Crippen LogP contribution >= 0.6 is 0 Å². The molecule has 0 saturated heterocycles. The van der Waals surface area contributed by atoms with Gasteiger partial charge >= 0.3 is 6.18 Å². The summed E-state index contributed by atoms with van der Waals surface area (Å²) in [4.78, 5) is 16.6. The number of nitrogens with one attached hydrogen (secondary N) is 1. The smallest absolute Gasteiger partial charge is 0.422 e. The molecule has 0 unspecified atom stereocenters. The molecule has 1 amide bonds. The molecule has 0 radical (unpaired) electrons. The third-order valence-corrected chi connectivity index (χ3v) is 3.38. The van der Waals surface area contributed by atoms with Crippen LogP contribution in [0.2, 0.25) is 0 Å².